The van der Waals surface area contributed by atoms with Crippen molar-refractivity contribution in [2.24, 2.45) is 11.8 Å². The van der Waals surface area contributed by atoms with Crippen LogP contribution >= 0.6 is 11.6 Å². The van der Waals surface area contributed by atoms with Crippen LogP contribution in [-0.4, -0.2) is 56.4 Å². The van der Waals surface area contributed by atoms with Crippen LogP contribution in [0.3, 0.4) is 0 Å². The monoisotopic (exact) mass is 362 g/mol. The Morgan fingerprint density at radius 2 is 2.12 bits per heavy atom. The first-order valence-corrected chi connectivity index (χ1v) is 8.73. The van der Waals surface area contributed by atoms with E-state index >= 15 is 0 Å². The lowest BCUT2D eigenvalue weighted by atomic mass is 9.78. The molecule has 1 aliphatic carbocycles. The van der Waals surface area contributed by atoms with Crippen LogP contribution in [0.25, 0.3) is 0 Å². The number of aromatic nitrogens is 3. The molecule has 2 aliphatic rings. The van der Waals surface area contributed by atoms with Crippen LogP contribution < -0.4 is 4.74 Å². The average molecular weight is 363 g/mol. The molecule has 132 valence electrons. The highest BCUT2D eigenvalue weighted by molar-refractivity contribution is 6.30. The Kier molecular flexibility index (Phi) is 4.35. The van der Waals surface area contributed by atoms with Crippen LogP contribution in [0.5, 0.6) is 5.75 Å². The summed E-state index contributed by atoms with van der Waals surface area (Å²) in [6, 6.07) is 7.18. The highest BCUT2D eigenvalue weighted by atomic mass is 35.5. The number of aliphatic hydroxyl groups is 1. The zero-order valence-electron chi connectivity index (χ0n) is 13.5. The van der Waals surface area contributed by atoms with Crippen LogP contribution in [0.15, 0.2) is 30.6 Å². The van der Waals surface area contributed by atoms with E-state index in [1.165, 1.54) is 6.33 Å². The van der Waals surface area contributed by atoms with Gasteiger partial charge < -0.3 is 14.7 Å². The highest BCUT2D eigenvalue weighted by Gasteiger charge is 2.44. The van der Waals surface area contributed by atoms with Crippen molar-refractivity contribution in [3.8, 4) is 5.75 Å². The number of nitrogens with zero attached hydrogens (tertiary/aromatic N) is 3. The number of aliphatic hydroxyl groups excluding tert-OH is 1. The Labute approximate surface area is 150 Å². The summed E-state index contributed by atoms with van der Waals surface area (Å²) in [5, 5.41) is 17.4. The summed E-state index contributed by atoms with van der Waals surface area (Å²) < 4.78 is 5.96. The lowest BCUT2D eigenvalue weighted by molar-refractivity contribution is -0.0231. The Hall–Kier alpha value is -2.12. The number of hydrogen-bond acceptors (Lipinski definition) is 5. The molecule has 1 amide bonds. The lowest BCUT2D eigenvalue weighted by Crippen LogP contribution is -2.42. The molecular weight excluding hydrogens is 344 g/mol. The van der Waals surface area contributed by atoms with Gasteiger partial charge in [0.25, 0.3) is 5.91 Å². The number of fused-ring (bicyclic) bond motifs is 1. The molecule has 2 fully saturated rings. The van der Waals surface area contributed by atoms with Crippen LogP contribution in [0.2, 0.25) is 5.02 Å². The number of hydrogen-bond donors (Lipinski definition) is 2. The number of H-pyrrole nitrogens is 1. The van der Waals surface area contributed by atoms with Crippen LogP contribution in [0.1, 0.15) is 23.5 Å². The van der Waals surface area contributed by atoms with Crippen LogP contribution in [-0.2, 0) is 0 Å². The van der Waals surface area contributed by atoms with Crippen molar-refractivity contribution in [1.82, 2.24) is 20.1 Å². The van der Waals surface area contributed by atoms with Gasteiger partial charge in [0, 0.05) is 18.1 Å². The number of carbonyl (C=O) groups is 1. The van der Waals surface area contributed by atoms with E-state index in [4.69, 9.17) is 16.3 Å². The Bertz CT molecular complexity index is 754. The fraction of sp³-hybridized carbons (Fsp3) is 0.471. The fourth-order valence-corrected chi connectivity index (χ4v) is 4.04. The molecule has 0 spiro atoms. The molecule has 0 unspecified atom stereocenters. The van der Waals surface area contributed by atoms with Gasteiger partial charge in [-0.25, -0.2) is 4.98 Å². The maximum atomic E-state index is 12.4. The first kappa shape index (κ1) is 16.4. The minimum atomic E-state index is -0.555. The normalized spacial score (nSPS) is 28.6. The summed E-state index contributed by atoms with van der Waals surface area (Å²) in [6.07, 6.45) is 1.81. The predicted molar refractivity (Wildman–Crippen MR) is 90.4 cm³/mol. The van der Waals surface area contributed by atoms with Crippen molar-refractivity contribution < 1.29 is 14.6 Å². The molecule has 1 aromatic carbocycles. The van der Waals surface area contributed by atoms with Gasteiger partial charge in [-0.15, -0.1) is 0 Å². The molecule has 2 heterocycles. The molecule has 8 heteroatoms. The first-order valence-electron chi connectivity index (χ1n) is 8.35. The zero-order valence-corrected chi connectivity index (χ0v) is 14.3. The molecule has 1 aromatic heterocycles. The van der Waals surface area contributed by atoms with E-state index in [9.17, 15) is 9.90 Å². The molecule has 7 nitrogen and oxygen atoms in total. The number of amides is 1. The van der Waals surface area contributed by atoms with Gasteiger partial charge in [0.1, 0.15) is 18.2 Å². The van der Waals surface area contributed by atoms with Crippen LogP contribution in [0.4, 0.5) is 0 Å². The van der Waals surface area contributed by atoms with Crippen LogP contribution in [0, 0.1) is 11.8 Å². The smallest absolute Gasteiger partial charge is 0.291 e. The molecule has 4 rings (SSSR count). The Morgan fingerprint density at radius 3 is 2.84 bits per heavy atom. The Balaban J connectivity index is 1.42. The van der Waals surface area contributed by atoms with Gasteiger partial charge in [0.05, 0.1) is 6.10 Å². The number of likely N-dealkylation sites (tertiary alicyclic amines) is 1. The third-order valence-corrected chi connectivity index (χ3v) is 5.31. The van der Waals surface area contributed by atoms with E-state index in [0.29, 0.717) is 42.6 Å². The molecule has 25 heavy (non-hydrogen) atoms. The highest BCUT2D eigenvalue weighted by Crippen LogP contribution is 2.38. The molecule has 2 aromatic rings. The standard InChI is InChI=1S/C17H19ClN4O3/c18-12-2-1-3-13(6-12)25-15-5-11-8-22(7-10(11)4-14(15)23)17(24)16-19-9-20-21-16/h1-3,6,9-11,14-15,23H,4-5,7-8H2,(H,19,20,21)/t10-,11+,14+,15+/m0/s1. The quantitative estimate of drug-likeness (QED) is 0.868. The summed E-state index contributed by atoms with van der Waals surface area (Å²) in [4.78, 5) is 18.1. The summed E-state index contributed by atoms with van der Waals surface area (Å²) in [5.41, 5.74) is 0. The van der Waals surface area contributed by atoms with Crippen molar-refractivity contribution in [1.29, 1.82) is 0 Å². The van der Waals surface area contributed by atoms with Gasteiger partial charge in [-0.3, -0.25) is 9.89 Å². The third-order valence-electron chi connectivity index (χ3n) is 5.07. The maximum Gasteiger partial charge on any atom is 0.291 e. The molecule has 0 bridgehead atoms. The van der Waals surface area contributed by atoms with Crippen molar-refractivity contribution in [2.75, 3.05) is 13.1 Å². The maximum absolute atomic E-state index is 12.4. The third kappa shape index (κ3) is 3.34. The molecule has 1 saturated heterocycles. The van der Waals surface area contributed by atoms with E-state index < -0.39 is 6.10 Å². The van der Waals surface area contributed by atoms with E-state index in [-0.39, 0.29) is 23.8 Å². The molecule has 0 radical (unpaired) electrons. The molecule has 4 atom stereocenters. The second-order valence-electron chi connectivity index (χ2n) is 6.72. The van der Waals surface area contributed by atoms with Gasteiger partial charge in [-0.05, 0) is 42.9 Å². The van der Waals surface area contributed by atoms with Crippen molar-refractivity contribution in [3.05, 3.63) is 41.4 Å². The number of nitrogens with one attached hydrogen (secondary N) is 1. The van der Waals surface area contributed by atoms with E-state index in [1.54, 1.807) is 17.0 Å². The van der Waals surface area contributed by atoms with Crippen molar-refractivity contribution in [3.63, 3.8) is 0 Å². The van der Waals surface area contributed by atoms with Gasteiger partial charge in [0.2, 0.25) is 5.82 Å². The van der Waals surface area contributed by atoms with E-state index in [1.807, 2.05) is 12.1 Å². The van der Waals surface area contributed by atoms with Gasteiger partial charge in [-0.1, -0.05) is 17.7 Å². The topological polar surface area (TPSA) is 91.3 Å². The first-order chi connectivity index (χ1) is 12.1. The summed E-state index contributed by atoms with van der Waals surface area (Å²) in [5.74, 6) is 1.35. The van der Waals surface area contributed by atoms with E-state index in [0.717, 1.165) is 0 Å². The van der Waals surface area contributed by atoms with Gasteiger partial charge in [0.15, 0.2) is 0 Å². The zero-order chi connectivity index (χ0) is 17.4. The number of aromatic amines is 1. The van der Waals surface area contributed by atoms with Gasteiger partial charge >= 0.3 is 0 Å². The number of rotatable bonds is 3. The average Bonchev–Trinajstić information content (AvgIpc) is 3.24. The summed E-state index contributed by atoms with van der Waals surface area (Å²) in [6.45, 7) is 1.28. The number of benzene rings is 1. The number of ether oxygens (including phenoxy) is 1. The SMILES string of the molecule is O=C(c1ncn[nH]1)N1C[C@H]2C[C@@H](Oc3cccc(Cl)c3)[C@H](O)C[C@H]2C1. The van der Waals surface area contributed by atoms with Gasteiger partial charge in [-0.2, -0.15) is 5.10 Å². The molecule has 1 aliphatic heterocycles. The number of carbonyl (C=O) groups excluding carboxylic acids is 1. The second-order valence-corrected chi connectivity index (χ2v) is 7.15. The minimum Gasteiger partial charge on any atom is -0.488 e. The molecular formula is C17H19ClN4O3. The number of halogens is 1. The summed E-state index contributed by atoms with van der Waals surface area (Å²) >= 11 is 5.99. The molecule has 1 saturated carbocycles. The van der Waals surface area contributed by atoms with Crippen molar-refractivity contribution in [2.45, 2.75) is 25.0 Å². The predicted octanol–water partition coefficient (Wildman–Crippen LogP) is 1.75. The Morgan fingerprint density at radius 1 is 1.32 bits per heavy atom. The fourth-order valence-electron chi connectivity index (χ4n) is 3.86. The molecule has 2 N–H and O–H groups in total. The summed E-state index contributed by atoms with van der Waals surface area (Å²) in [7, 11) is 0. The lowest BCUT2D eigenvalue weighted by Gasteiger charge is -2.35. The minimum absolute atomic E-state index is 0.145. The van der Waals surface area contributed by atoms with Crippen molar-refractivity contribution >= 4 is 17.5 Å². The van der Waals surface area contributed by atoms with E-state index in [2.05, 4.69) is 15.2 Å². The second kappa shape index (κ2) is 6.65. The largest absolute Gasteiger partial charge is 0.488 e.